The fraction of sp³-hybridized carbons (Fsp3) is 0.456. The molecule has 2 saturated heterocycles. The zero-order chi connectivity index (χ0) is 58.8. The smallest absolute Gasteiger partial charge is 0.273 e. The number of amides is 6. The van der Waals surface area contributed by atoms with Crippen LogP contribution in [0.1, 0.15) is 87.3 Å². The maximum atomic E-state index is 14.2. The van der Waals surface area contributed by atoms with Crippen LogP contribution >= 0.6 is 34.5 Å². The molecule has 0 aliphatic carbocycles. The number of nitrogens with one attached hydrogen (secondary N) is 6. The third kappa shape index (κ3) is 15.2. The molecule has 4 aliphatic heterocycles. The number of nitrogens with zero attached hydrogens (tertiary/aromatic N) is 4. The first kappa shape index (κ1) is 61.2. The van der Waals surface area contributed by atoms with Gasteiger partial charge in [0.2, 0.25) is 29.9 Å². The fourth-order valence-electron chi connectivity index (χ4n) is 10.0. The van der Waals surface area contributed by atoms with E-state index in [2.05, 4.69) is 37.1 Å². The second-order valence-corrected chi connectivity index (χ2v) is 23.1. The van der Waals surface area contributed by atoms with E-state index in [0.717, 1.165) is 27.8 Å². The van der Waals surface area contributed by atoms with Crippen LogP contribution in [0.2, 0.25) is 10.0 Å². The van der Waals surface area contributed by atoms with E-state index in [-0.39, 0.29) is 129 Å². The van der Waals surface area contributed by atoms with Crippen LogP contribution in [0.15, 0.2) is 89.5 Å². The second kappa shape index (κ2) is 27.5. The van der Waals surface area contributed by atoms with E-state index >= 15 is 0 Å². The molecule has 25 heteroatoms. The highest BCUT2D eigenvalue weighted by Gasteiger charge is 2.45. The number of aryl methyl sites for hydroxylation is 1. The topological polar surface area (TPSA) is 254 Å². The number of benzene rings is 3. The van der Waals surface area contributed by atoms with Crippen molar-refractivity contribution in [2.24, 2.45) is 5.41 Å². The van der Waals surface area contributed by atoms with Crippen LogP contribution in [-0.4, -0.2) is 150 Å². The predicted octanol–water partition coefficient (Wildman–Crippen LogP) is 5.68. The van der Waals surface area contributed by atoms with Crippen molar-refractivity contribution >= 4 is 75.7 Å². The van der Waals surface area contributed by atoms with Crippen LogP contribution in [0.5, 0.6) is 0 Å². The summed E-state index contributed by atoms with van der Waals surface area (Å²) in [6.45, 7) is 13.3. The van der Waals surface area contributed by atoms with Gasteiger partial charge in [0.05, 0.1) is 83.9 Å². The average molecular weight is 1190 g/mol. The highest BCUT2D eigenvalue weighted by molar-refractivity contribution is 7.13. The molecule has 0 unspecified atom stereocenters. The lowest BCUT2D eigenvalue weighted by atomic mass is 9.85. The van der Waals surface area contributed by atoms with Crippen LogP contribution in [0.4, 0.5) is 10.1 Å². The number of anilines is 1. The van der Waals surface area contributed by atoms with Crippen molar-refractivity contribution in [3.8, 4) is 10.4 Å². The Balaban J connectivity index is 0.677. The molecule has 6 atom stereocenters. The molecule has 1 aromatic heterocycles. The van der Waals surface area contributed by atoms with Gasteiger partial charge in [0.25, 0.3) is 11.8 Å². The van der Waals surface area contributed by atoms with Gasteiger partial charge in [-0.05, 0) is 73.7 Å². The number of aliphatic hydroxyl groups is 1. The fourth-order valence-corrected chi connectivity index (χ4v) is 11.4. The van der Waals surface area contributed by atoms with Crippen LogP contribution in [0.3, 0.4) is 0 Å². The van der Waals surface area contributed by atoms with Gasteiger partial charge in [0.15, 0.2) is 11.6 Å². The molecule has 6 amide bonds. The number of β-amino-alcohol motifs (C(OH)–C–C–N with tert-alkyl or cyclic N) is 1. The van der Waals surface area contributed by atoms with Gasteiger partial charge in [0, 0.05) is 68.4 Å². The monoisotopic (exact) mass is 1190 g/mol. The first-order valence-electron chi connectivity index (χ1n) is 27.0. The number of hydrogen-bond donors (Lipinski definition) is 7. The number of carbonyl (C=O) groups excluding carboxylic acids is 6. The molecule has 21 nitrogen and oxygen atoms in total. The summed E-state index contributed by atoms with van der Waals surface area (Å²) in [7, 11) is 0. The SMILES string of the molecule is Cc1ncsc1-c1ccc(CNC(=O)[C@@H]2C[C@@H](O)CN2C(=O)[C@@H](NC(=O)CCOCCOCCOCCC(=O)N2[C@H](C)CN(C(=O)c3ccc(NC(=O)C4=CC5=C(NN4)N[C@H](c4c(Cl)ccc(F)c4Cl)O5)cc3)C[C@@H]2C)C(C)(C)C)cc1. The highest BCUT2D eigenvalue weighted by atomic mass is 35.5. The number of hydrogen-bond acceptors (Lipinski definition) is 16. The Morgan fingerprint density at radius 2 is 1.54 bits per heavy atom. The molecule has 2 fully saturated rings. The molecule has 7 N–H and O–H groups in total. The lowest BCUT2D eigenvalue weighted by molar-refractivity contribution is -0.144. The quantitative estimate of drug-likeness (QED) is 0.0369. The number of aromatic nitrogens is 1. The molecule has 440 valence electrons. The van der Waals surface area contributed by atoms with Gasteiger partial charge in [-0.1, -0.05) is 68.2 Å². The molecule has 3 aromatic carbocycles. The summed E-state index contributed by atoms with van der Waals surface area (Å²) in [6.07, 6.45) is -0.124. The number of halogens is 3. The van der Waals surface area contributed by atoms with Gasteiger partial charge in [-0.2, -0.15) is 0 Å². The Bertz CT molecular complexity index is 3040. The number of allylic oxidation sites excluding steroid dienone is 1. The minimum atomic E-state index is -0.966. The highest BCUT2D eigenvalue weighted by Crippen LogP contribution is 2.38. The molecule has 0 radical (unpaired) electrons. The van der Waals surface area contributed by atoms with Crippen molar-refractivity contribution in [1.82, 2.24) is 46.5 Å². The Labute approximate surface area is 489 Å². The Morgan fingerprint density at radius 3 is 2.18 bits per heavy atom. The van der Waals surface area contributed by atoms with Gasteiger partial charge in [-0.3, -0.25) is 39.6 Å². The van der Waals surface area contributed by atoms with E-state index in [1.165, 1.54) is 17.0 Å². The molecule has 0 spiro atoms. The van der Waals surface area contributed by atoms with E-state index in [9.17, 15) is 38.3 Å². The van der Waals surface area contributed by atoms with E-state index in [1.54, 1.807) is 50.9 Å². The molecular weight excluding hydrogens is 1120 g/mol. The third-order valence-electron chi connectivity index (χ3n) is 14.2. The number of ether oxygens (including phenoxy) is 4. The number of thiazole rings is 1. The minimum Gasteiger partial charge on any atom is -0.462 e. The van der Waals surface area contributed by atoms with E-state index in [4.69, 9.17) is 42.1 Å². The molecule has 4 aliphatic rings. The average Bonchev–Trinajstić information content (AvgIpc) is 4.19. The standard InChI is InChI=1S/C57H69Cl2FN10O11S/c1-32-28-68(55(76)37-11-13-38(14-12-37)63-52(74)42-26-44-51(67-66-42)65-54(81-44)47-40(58)15-16-41(60)48(47)59)29-33(2)70(32)46(73)18-20-79-22-24-80-23-21-78-19-17-45(72)64-50(57(4,5)6)56(77)69-30-39(71)25-43(69)53(75)61-27-35-7-9-36(10-8-35)49-34(3)62-31-82-49/h7-16,26,31-33,39,43,50,54,65-67,71H,17-25,27-30H2,1-6H3,(H,61,75)(H,63,74)(H,64,72)/t32-,33+,39-,43+,50-,54+/m1/s1. The molecular formula is C57H69Cl2FN10O11S. The lowest BCUT2D eigenvalue weighted by Crippen LogP contribution is -2.59. The number of rotatable bonds is 22. The Hall–Kier alpha value is -6.86. The molecule has 82 heavy (non-hydrogen) atoms. The van der Waals surface area contributed by atoms with Crippen LogP contribution < -0.4 is 32.1 Å². The maximum absolute atomic E-state index is 14.2. The third-order valence-corrected chi connectivity index (χ3v) is 15.9. The molecule has 0 bridgehead atoms. The van der Waals surface area contributed by atoms with Gasteiger partial charge in [-0.25, -0.2) is 9.37 Å². The summed E-state index contributed by atoms with van der Waals surface area (Å²) >= 11 is 14.0. The largest absolute Gasteiger partial charge is 0.462 e. The van der Waals surface area contributed by atoms with Crippen molar-refractivity contribution in [2.45, 2.75) is 104 Å². The summed E-state index contributed by atoms with van der Waals surface area (Å²) in [5.41, 5.74) is 10.8. The van der Waals surface area contributed by atoms with Crippen LogP contribution in [0, 0.1) is 18.2 Å². The van der Waals surface area contributed by atoms with Crippen LogP contribution in [0.25, 0.3) is 10.4 Å². The summed E-state index contributed by atoms with van der Waals surface area (Å²) in [5.74, 6) is -2.04. The second-order valence-electron chi connectivity index (χ2n) is 21.5. The van der Waals surface area contributed by atoms with E-state index in [0.29, 0.717) is 30.2 Å². The predicted molar refractivity (Wildman–Crippen MR) is 305 cm³/mol. The molecule has 8 rings (SSSR count). The minimum absolute atomic E-state index is 0.0188. The van der Waals surface area contributed by atoms with Crippen molar-refractivity contribution in [3.63, 3.8) is 0 Å². The van der Waals surface area contributed by atoms with Gasteiger partial charge >= 0.3 is 0 Å². The van der Waals surface area contributed by atoms with Gasteiger partial charge < -0.3 is 60.0 Å². The van der Waals surface area contributed by atoms with E-state index < -0.39 is 53.4 Å². The number of carbonyl (C=O) groups is 6. The van der Waals surface area contributed by atoms with Crippen molar-refractivity contribution < 1.29 is 57.2 Å². The summed E-state index contributed by atoms with van der Waals surface area (Å²) in [4.78, 5) is 91.0. The summed E-state index contributed by atoms with van der Waals surface area (Å²) in [5, 5.41) is 22.1. The number of aliphatic hydroxyl groups excluding tert-OH is 1. The first-order valence-corrected chi connectivity index (χ1v) is 28.6. The normalized spacial score (nSPS) is 20.0. The maximum Gasteiger partial charge on any atom is 0.273 e. The number of piperazine rings is 1. The molecule has 0 saturated carbocycles. The van der Waals surface area contributed by atoms with Crippen molar-refractivity contribution in [2.75, 3.05) is 64.6 Å². The zero-order valence-corrected chi connectivity index (χ0v) is 48.8. The van der Waals surface area contributed by atoms with Gasteiger partial charge in [-0.15, -0.1) is 11.3 Å². The summed E-state index contributed by atoms with van der Waals surface area (Å²) < 4.78 is 37.0. The molecule has 4 aromatic rings. The van der Waals surface area contributed by atoms with Crippen molar-refractivity contribution in [3.05, 3.63) is 128 Å². The lowest BCUT2D eigenvalue weighted by Gasteiger charge is -2.44. The molecule has 5 heterocycles. The number of hydrazine groups is 1. The van der Waals surface area contributed by atoms with Crippen molar-refractivity contribution in [1.29, 1.82) is 0 Å². The Kier molecular flexibility index (Phi) is 20.5. The number of likely N-dealkylation sites (tertiary alicyclic amines) is 1. The Morgan fingerprint density at radius 1 is 0.878 bits per heavy atom. The first-order chi connectivity index (χ1) is 39.2. The van der Waals surface area contributed by atoms with Gasteiger partial charge in [0.1, 0.15) is 23.6 Å². The van der Waals surface area contributed by atoms with E-state index in [1.807, 2.05) is 65.8 Å². The van der Waals surface area contributed by atoms with Crippen LogP contribution in [-0.2, 0) is 49.5 Å². The summed E-state index contributed by atoms with van der Waals surface area (Å²) in [6, 6.07) is 14.4. The zero-order valence-electron chi connectivity index (χ0n) is 46.4.